The maximum atomic E-state index is 13.2. The van der Waals surface area contributed by atoms with E-state index in [4.69, 9.17) is 9.72 Å². The molecule has 1 fully saturated rings. The van der Waals surface area contributed by atoms with Crippen molar-refractivity contribution in [2.24, 2.45) is 0 Å². The number of morpholine rings is 1. The number of rotatable bonds is 4. The lowest BCUT2D eigenvalue weighted by molar-refractivity contribution is -0.0248. The fourth-order valence-corrected chi connectivity index (χ4v) is 4.59. The number of thiazole rings is 1. The quantitative estimate of drug-likeness (QED) is 0.507. The Hall–Kier alpha value is -3.30. The smallest absolute Gasteiger partial charge is 0.274 e. The summed E-state index contributed by atoms with van der Waals surface area (Å²) in [5, 5.41) is 4.09. The Morgan fingerprint density at radius 1 is 1.16 bits per heavy atom. The van der Waals surface area contributed by atoms with Crippen LogP contribution < -0.4 is 5.32 Å². The molecule has 9 heteroatoms. The molecule has 0 radical (unpaired) electrons. The largest absolute Gasteiger partial charge is 0.368 e. The van der Waals surface area contributed by atoms with Crippen LogP contribution in [0.4, 0.5) is 10.9 Å². The molecule has 5 rings (SSSR count). The highest BCUT2D eigenvalue weighted by Gasteiger charge is 2.28. The zero-order valence-corrected chi connectivity index (χ0v) is 19.0. The summed E-state index contributed by atoms with van der Waals surface area (Å²) in [6.45, 7) is 7.44. The average molecular weight is 449 g/mol. The highest BCUT2D eigenvalue weighted by molar-refractivity contribution is 7.15. The molecule has 1 saturated heterocycles. The number of imidazole rings is 1. The van der Waals surface area contributed by atoms with E-state index < -0.39 is 0 Å². The number of fused-ring (bicyclic) bond motifs is 1. The number of nitrogens with one attached hydrogen (secondary N) is 1. The van der Waals surface area contributed by atoms with Gasteiger partial charge in [-0.25, -0.2) is 15.0 Å². The Morgan fingerprint density at radius 2 is 2.03 bits per heavy atom. The van der Waals surface area contributed by atoms with Gasteiger partial charge in [0.25, 0.3) is 5.91 Å². The predicted octanol–water partition coefficient (Wildman–Crippen LogP) is 4.07. The summed E-state index contributed by atoms with van der Waals surface area (Å²) < 4.78 is 7.85. The molecular weight excluding hydrogens is 424 g/mol. The first-order valence-electron chi connectivity index (χ1n) is 10.5. The lowest BCUT2D eigenvalue weighted by Gasteiger charge is -2.32. The number of carbonyl (C=O) groups excluding carboxylic acids is 1. The Kier molecular flexibility index (Phi) is 5.36. The number of nitrogens with zero attached hydrogens (tertiary/aromatic N) is 5. The molecule has 8 nitrogen and oxygen atoms in total. The van der Waals surface area contributed by atoms with Gasteiger partial charge in [-0.3, -0.25) is 4.79 Å². The molecule has 4 aromatic heterocycles. The van der Waals surface area contributed by atoms with Gasteiger partial charge in [0.1, 0.15) is 23.3 Å². The Balaban J connectivity index is 1.33. The lowest BCUT2D eigenvalue weighted by Crippen LogP contribution is -2.42. The Bertz CT molecular complexity index is 1280. The molecule has 4 aromatic rings. The summed E-state index contributed by atoms with van der Waals surface area (Å²) in [7, 11) is 0. The molecule has 0 saturated carbocycles. The molecule has 164 valence electrons. The van der Waals surface area contributed by atoms with Gasteiger partial charge in [0.2, 0.25) is 0 Å². The van der Waals surface area contributed by atoms with Crippen LogP contribution in [-0.4, -0.2) is 49.9 Å². The minimum absolute atomic E-state index is 0.0931. The van der Waals surface area contributed by atoms with Crippen molar-refractivity contribution in [1.82, 2.24) is 24.3 Å². The van der Waals surface area contributed by atoms with Crippen LogP contribution in [0.1, 0.15) is 38.4 Å². The van der Waals surface area contributed by atoms with Crippen molar-refractivity contribution in [2.45, 2.75) is 26.9 Å². The standard InChI is InChI=1S/C23H24N6O2S/c1-14-6-5-9-28-12-18(26-21(14)28)22(30)29-10-11-31-19(13-29)17-7-4-8-20(25-17)27-23-24-15(2)16(3)32-23/h4-9,12,19H,10-11,13H2,1-3H3,(H,24,25,27)/t19-/m1/s1. The first kappa shape index (κ1) is 20.6. The monoisotopic (exact) mass is 448 g/mol. The molecule has 0 aromatic carbocycles. The van der Waals surface area contributed by atoms with E-state index in [0.29, 0.717) is 31.2 Å². The van der Waals surface area contributed by atoms with Crippen molar-refractivity contribution in [3.05, 3.63) is 70.2 Å². The second-order valence-corrected chi connectivity index (χ2v) is 9.10. The number of carbonyl (C=O) groups is 1. The summed E-state index contributed by atoms with van der Waals surface area (Å²) in [6.07, 6.45) is 3.39. The first-order valence-corrected chi connectivity index (χ1v) is 11.3. The van der Waals surface area contributed by atoms with Gasteiger partial charge in [-0.2, -0.15) is 0 Å². The normalized spacial score (nSPS) is 16.5. The minimum atomic E-state index is -0.298. The number of pyridine rings is 2. The van der Waals surface area contributed by atoms with Crippen molar-refractivity contribution in [1.29, 1.82) is 0 Å². The number of aryl methyl sites for hydroxylation is 3. The minimum Gasteiger partial charge on any atom is -0.368 e. The predicted molar refractivity (Wildman–Crippen MR) is 124 cm³/mol. The van der Waals surface area contributed by atoms with Gasteiger partial charge < -0.3 is 19.4 Å². The van der Waals surface area contributed by atoms with Crippen molar-refractivity contribution in [3.8, 4) is 0 Å². The molecule has 1 amide bonds. The van der Waals surface area contributed by atoms with Crippen LogP contribution in [0.2, 0.25) is 0 Å². The summed E-state index contributed by atoms with van der Waals surface area (Å²) >= 11 is 1.60. The van der Waals surface area contributed by atoms with Crippen LogP contribution in [0.15, 0.2) is 42.7 Å². The second-order valence-electron chi connectivity index (χ2n) is 7.89. The van der Waals surface area contributed by atoms with E-state index in [0.717, 1.165) is 27.7 Å². The van der Waals surface area contributed by atoms with Gasteiger partial charge in [0, 0.05) is 23.8 Å². The van der Waals surface area contributed by atoms with E-state index >= 15 is 0 Å². The van der Waals surface area contributed by atoms with Crippen molar-refractivity contribution in [2.75, 3.05) is 25.0 Å². The first-order chi connectivity index (χ1) is 15.5. The van der Waals surface area contributed by atoms with Gasteiger partial charge in [-0.1, -0.05) is 12.1 Å². The van der Waals surface area contributed by atoms with Crippen LogP contribution in [0.25, 0.3) is 5.65 Å². The topological polar surface area (TPSA) is 84.7 Å². The number of hydrogen-bond acceptors (Lipinski definition) is 7. The van der Waals surface area contributed by atoms with Gasteiger partial charge in [0.05, 0.1) is 24.5 Å². The number of ether oxygens (including phenoxy) is 1. The van der Waals surface area contributed by atoms with E-state index in [9.17, 15) is 4.79 Å². The van der Waals surface area contributed by atoms with Crippen LogP contribution in [-0.2, 0) is 4.74 Å². The SMILES string of the molecule is Cc1nc(Nc2cccc([C@H]3CN(C(=O)c4cn5cccc(C)c5n4)CCO3)n2)sc1C. The lowest BCUT2D eigenvalue weighted by atomic mass is 10.1. The van der Waals surface area contributed by atoms with Crippen molar-refractivity contribution in [3.63, 3.8) is 0 Å². The van der Waals surface area contributed by atoms with E-state index in [1.807, 2.05) is 61.7 Å². The second kappa shape index (κ2) is 8.33. The summed E-state index contributed by atoms with van der Waals surface area (Å²) in [5.74, 6) is 0.614. The fraction of sp³-hybridized carbons (Fsp3) is 0.304. The Labute approximate surface area is 189 Å². The summed E-state index contributed by atoms with van der Waals surface area (Å²) in [4.78, 5) is 29.9. The van der Waals surface area contributed by atoms with Crippen LogP contribution in [0, 0.1) is 20.8 Å². The highest BCUT2D eigenvalue weighted by atomic mass is 32.1. The van der Waals surface area contributed by atoms with E-state index in [1.165, 1.54) is 4.88 Å². The van der Waals surface area contributed by atoms with Crippen molar-refractivity contribution >= 4 is 33.8 Å². The van der Waals surface area contributed by atoms with Crippen LogP contribution in [0.5, 0.6) is 0 Å². The number of hydrogen-bond donors (Lipinski definition) is 1. The molecule has 1 aliphatic rings. The third-order valence-electron chi connectivity index (χ3n) is 5.61. The molecule has 1 N–H and O–H groups in total. The van der Waals surface area contributed by atoms with E-state index in [1.54, 1.807) is 22.4 Å². The molecule has 0 bridgehead atoms. The maximum Gasteiger partial charge on any atom is 0.274 e. The molecule has 0 unspecified atom stereocenters. The molecule has 32 heavy (non-hydrogen) atoms. The van der Waals surface area contributed by atoms with Gasteiger partial charge in [0.15, 0.2) is 5.13 Å². The molecule has 0 spiro atoms. The third kappa shape index (κ3) is 3.96. The zero-order valence-electron chi connectivity index (χ0n) is 18.2. The fourth-order valence-electron chi connectivity index (χ4n) is 3.77. The van der Waals surface area contributed by atoms with E-state index in [-0.39, 0.29) is 12.0 Å². The molecule has 5 heterocycles. The van der Waals surface area contributed by atoms with Crippen LogP contribution in [0.3, 0.4) is 0 Å². The molecule has 0 aliphatic carbocycles. The van der Waals surface area contributed by atoms with Crippen molar-refractivity contribution < 1.29 is 9.53 Å². The van der Waals surface area contributed by atoms with Gasteiger partial charge >= 0.3 is 0 Å². The third-order valence-corrected chi connectivity index (χ3v) is 6.60. The zero-order chi connectivity index (χ0) is 22.2. The number of aromatic nitrogens is 4. The Morgan fingerprint density at radius 3 is 2.81 bits per heavy atom. The summed E-state index contributed by atoms with van der Waals surface area (Å²) in [6, 6.07) is 9.70. The molecular formula is C23H24N6O2S. The van der Waals surface area contributed by atoms with Gasteiger partial charge in [-0.15, -0.1) is 11.3 Å². The number of amides is 1. The van der Waals surface area contributed by atoms with Crippen LogP contribution >= 0.6 is 11.3 Å². The molecule has 1 aliphatic heterocycles. The molecule has 1 atom stereocenters. The maximum absolute atomic E-state index is 13.2. The summed E-state index contributed by atoms with van der Waals surface area (Å²) in [5.41, 5.74) is 4.07. The van der Waals surface area contributed by atoms with Gasteiger partial charge in [-0.05, 0) is 44.5 Å². The number of anilines is 2. The average Bonchev–Trinajstić information content (AvgIpc) is 3.37. The highest BCUT2D eigenvalue weighted by Crippen LogP contribution is 2.27. The van der Waals surface area contributed by atoms with E-state index in [2.05, 4.69) is 15.3 Å².